The number of hydrogen-bond donors (Lipinski definition) is 4. The molecule has 0 rings (SSSR count). The standard InChI is InChI=1S/C2H5NO2.Al.2H2O/c3-1-2(4)5;;;/h1,3H2,(H,4,5);;2*1H2/q;+2;;/p-2. The minimum absolute atomic E-state index is 0.278. The molecule has 0 aliphatic carbocycles. The lowest BCUT2D eigenvalue weighted by Gasteiger charge is -1.73. The van der Waals surface area contributed by atoms with E-state index in [1.807, 2.05) is 0 Å². The predicted octanol–water partition coefficient (Wildman–Crippen LogP) is -2.47. The lowest BCUT2D eigenvalue weighted by atomic mass is 10.7. The molecule has 0 heterocycles. The molecule has 47 valence electrons. The molecule has 6 heteroatoms. The second-order valence-corrected chi connectivity index (χ2v) is 0.944. The average Bonchev–Trinajstić information content (AvgIpc) is 1.69. The van der Waals surface area contributed by atoms with Crippen LogP contribution in [0.5, 0.6) is 0 Å². The van der Waals surface area contributed by atoms with Crippen LogP contribution >= 0.6 is 0 Å². The van der Waals surface area contributed by atoms with Crippen molar-refractivity contribution in [1.82, 2.24) is 0 Å². The molecule has 0 aliphatic rings. The number of nitrogens with two attached hydrogens (primary N) is 1. The Labute approximate surface area is 53.1 Å². The molecular formula is C2H7AlNO4. The van der Waals surface area contributed by atoms with Gasteiger partial charge in [-0.1, -0.05) is 0 Å². The highest BCUT2D eigenvalue weighted by Crippen LogP contribution is 1.43. The summed E-state index contributed by atoms with van der Waals surface area (Å²) in [5.41, 5.74) is 4.57. The van der Waals surface area contributed by atoms with Crippen LogP contribution in [0.25, 0.3) is 0 Å². The van der Waals surface area contributed by atoms with Gasteiger partial charge in [-0.3, -0.25) is 4.79 Å². The highest BCUT2D eigenvalue weighted by molar-refractivity contribution is 6.13. The molecule has 8 heavy (non-hydrogen) atoms. The van der Waals surface area contributed by atoms with Gasteiger partial charge >= 0.3 is 21.9 Å². The van der Waals surface area contributed by atoms with Gasteiger partial charge in [0, 0.05) is 0 Å². The number of hydrogen-bond acceptors (Lipinski definition) is 4. The van der Waals surface area contributed by atoms with Crippen LogP contribution in [0.2, 0.25) is 0 Å². The minimum Gasteiger partial charge on any atom is -0.499 e. The molecule has 0 unspecified atom stereocenters. The average molecular weight is 136 g/mol. The molecule has 0 aromatic carbocycles. The van der Waals surface area contributed by atoms with Crippen LogP contribution in [-0.4, -0.2) is 41.8 Å². The van der Waals surface area contributed by atoms with Crippen molar-refractivity contribution in [2.24, 2.45) is 5.73 Å². The van der Waals surface area contributed by atoms with Gasteiger partial charge in [0.2, 0.25) is 0 Å². The van der Waals surface area contributed by atoms with Gasteiger partial charge in [0.25, 0.3) is 0 Å². The van der Waals surface area contributed by atoms with E-state index in [-0.39, 0.29) is 6.54 Å². The quantitative estimate of drug-likeness (QED) is 0.299. The van der Waals surface area contributed by atoms with E-state index in [9.17, 15) is 4.79 Å². The maximum atomic E-state index is 9.24. The third-order valence-electron chi connectivity index (χ3n) is 0.175. The fourth-order valence-corrected chi connectivity index (χ4v) is 0. The molecule has 0 saturated carbocycles. The number of carboxylic acids is 1. The summed E-state index contributed by atoms with van der Waals surface area (Å²) in [6.07, 6.45) is 0. The summed E-state index contributed by atoms with van der Waals surface area (Å²) < 4.78 is 14.4. The Morgan fingerprint density at radius 1 is 1.62 bits per heavy atom. The maximum Gasteiger partial charge on any atom is 0.662 e. The van der Waals surface area contributed by atoms with Gasteiger partial charge in [0.15, 0.2) is 0 Å². The lowest BCUT2D eigenvalue weighted by molar-refractivity contribution is -0.135. The van der Waals surface area contributed by atoms with E-state index < -0.39 is 21.9 Å². The summed E-state index contributed by atoms with van der Waals surface area (Å²) >= 11 is -1.25. The van der Waals surface area contributed by atoms with E-state index in [0.29, 0.717) is 0 Å². The van der Waals surface area contributed by atoms with E-state index in [4.69, 9.17) is 13.4 Å². The van der Waals surface area contributed by atoms with Crippen LogP contribution in [0.4, 0.5) is 0 Å². The zero-order valence-corrected chi connectivity index (χ0v) is 5.27. The van der Waals surface area contributed by atoms with Crippen molar-refractivity contribution in [3.05, 3.63) is 0 Å². The molecular weight excluding hydrogens is 129 g/mol. The number of aliphatic carboxylic acids is 1. The fraction of sp³-hybridized carbons (Fsp3) is 0.500. The molecule has 0 aromatic heterocycles. The van der Waals surface area contributed by atoms with Gasteiger partial charge in [-0.15, -0.1) is 0 Å². The monoisotopic (exact) mass is 136 g/mol. The van der Waals surface area contributed by atoms with Crippen molar-refractivity contribution in [3.8, 4) is 0 Å². The summed E-state index contributed by atoms with van der Waals surface area (Å²) in [7, 11) is 0. The van der Waals surface area contributed by atoms with Crippen molar-refractivity contribution in [2.75, 3.05) is 6.54 Å². The molecule has 0 bridgehead atoms. The first-order chi connectivity index (χ1) is 3.68. The van der Waals surface area contributed by atoms with E-state index in [2.05, 4.69) is 5.73 Å². The van der Waals surface area contributed by atoms with Crippen LogP contribution in [0.15, 0.2) is 0 Å². The van der Waals surface area contributed by atoms with E-state index in [1.54, 1.807) is 0 Å². The summed E-state index contributed by atoms with van der Waals surface area (Å²) in [5, 5.41) is 7.60. The van der Waals surface area contributed by atoms with Crippen LogP contribution in [0.1, 0.15) is 0 Å². The SMILES string of the molecule is NCC(=O)O.[OH][Al][OH]. The minimum atomic E-state index is -1.25. The first-order valence-corrected chi connectivity index (χ1v) is 2.74. The predicted molar refractivity (Wildman–Crippen MR) is 26.9 cm³/mol. The Hall–Kier alpha value is -0.118. The van der Waals surface area contributed by atoms with Gasteiger partial charge in [-0.05, 0) is 0 Å². The van der Waals surface area contributed by atoms with Crippen LogP contribution in [0, 0.1) is 0 Å². The zero-order valence-electron chi connectivity index (χ0n) is 4.11. The Balaban J connectivity index is 0. The molecule has 0 amide bonds. The van der Waals surface area contributed by atoms with Crippen molar-refractivity contribution in [1.29, 1.82) is 0 Å². The smallest absolute Gasteiger partial charge is 0.499 e. The Morgan fingerprint density at radius 2 is 1.75 bits per heavy atom. The third-order valence-corrected chi connectivity index (χ3v) is 0.175. The van der Waals surface area contributed by atoms with Gasteiger partial charge in [-0.2, -0.15) is 0 Å². The van der Waals surface area contributed by atoms with Crippen molar-refractivity contribution >= 4 is 21.9 Å². The first kappa shape index (κ1) is 10.8. The number of rotatable bonds is 1. The summed E-state index contributed by atoms with van der Waals surface area (Å²) in [6.45, 7) is -0.278. The zero-order chi connectivity index (χ0) is 6.99. The molecule has 0 saturated heterocycles. The Morgan fingerprint density at radius 3 is 1.75 bits per heavy atom. The second kappa shape index (κ2) is 9.99. The van der Waals surface area contributed by atoms with Crippen molar-refractivity contribution in [2.45, 2.75) is 0 Å². The number of carboxylic acid groups (broad SMARTS) is 1. The molecule has 0 aromatic rings. The number of carbonyl (C=O) groups is 1. The fourth-order valence-electron chi connectivity index (χ4n) is 0. The van der Waals surface area contributed by atoms with Gasteiger partial charge < -0.3 is 19.2 Å². The lowest BCUT2D eigenvalue weighted by Crippen LogP contribution is -2.10. The largest absolute Gasteiger partial charge is 0.662 e. The van der Waals surface area contributed by atoms with E-state index >= 15 is 0 Å². The van der Waals surface area contributed by atoms with Gasteiger partial charge in [0.1, 0.15) is 0 Å². The summed E-state index contributed by atoms with van der Waals surface area (Å²) in [4.78, 5) is 9.24. The van der Waals surface area contributed by atoms with Crippen LogP contribution < -0.4 is 5.73 Å². The molecule has 5 N–H and O–H groups in total. The van der Waals surface area contributed by atoms with Gasteiger partial charge in [-0.25, -0.2) is 0 Å². The molecule has 0 aliphatic heterocycles. The van der Waals surface area contributed by atoms with E-state index in [1.165, 1.54) is 0 Å². The third kappa shape index (κ3) is 39.6. The van der Waals surface area contributed by atoms with Gasteiger partial charge in [0.05, 0.1) is 6.54 Å². The van der Waals surface area contributed by atoms with Crippen LogP contribution in [0.3, 0.4) is 0 Å². The molecule has 1 radical (unpaired) electrons. The molecule has 0 fully saturated rings. The first-order valence-electron chi connectivity index (χ1n) is 1.71. The summed E-state index contributed by atoms with van der Waals surface area (Å²) in [5.74, 6) is -0.968. The van der Waals surface area contributed by atoms with E-state index in [0.717, 1.165) is 0 Å². The molecule has 0 atom stereocenters. The normalized spacial score (nSPS) is 6.38. The maximum absolute atomic E-state index is 9.24. The van der Waals surface area contributed by atoms with Crippen molar-refractivity contribution < 1.29 is 18.2 Å². The second-order valence-electron chi connectivity index (χ2n) is 0.713. The van der Waals surface area contributed by atoms with Crippen molar-refractivity contribution in [3.63, 3.8) is 0 Å². The highest BCUT2D eigenvalue weighted by Gasteiger charge is 1.81. The van der Waals surface area contributed by atoms with Crippen LogP contribution in [-0.2, 0) is 4.79 Å². The molecule has 0 spiro atoms. The Bertz CT molecular complexity index is 58.0. The highest BCUT2D eigenvalue weighted by atomic mass is 27.2. The molecule has 5 nitrogen and oxygen atoms in total. The topological polar surface area (TPSA) is 104 Å². The summed E-state index contributed by atoms with van der Waals surface area (Å²) in [6, 6.07) is 0. The Kier molecular flexibility index (Phi) is 13.5.